The molecule has 2 rings (SSSR count). The van der Waals surface area contributed by atoms with Crippen molar-refractivity contribution in [2.24, 2.45) is 5.92 Å². The lowest BCUT2D eigenvalue weighted by Crippen LogP contribution is -2.29. The Morgan fingerprint density at radius 3 is 2.45 bits per heavy atom. The van der Waals surface area contributed by atoms with E-state index < -0.39 is 0 Å². The van der Waals surface area contributed by atoms with Gasteiger partial charge in [0.25, 0.3) is 0 Å². The van der Waals surface area contributed by atoms with E-state index in [1.165, 1.54) is 5.56 Å². The van der Waals surface area contributed by atoms with Crippen LogP contribution >= 0.6 is 11.6 Å². The number of aryl methyl sites for hydroxylation is 1. The largest absolute Gasteiger partial charge is 0.314 e. The smallest absolute Gasteiger partial charge is 0.0893 e. The summed E-state index contributed by atoms with van der Waals surface area (Å²) in [5, 5.41) is 8.75. The molecule has 1 unspecified atom stereocenters. The van der Waals surface area contributed by atoms with E-state index in [2.05, 4.69) is 48.5 Å². The Balaban J connectivity index is 2.20. The monoisotopic (exact) mass is 291 g/mol. The molecule has 0 saturated heterocycles. The Kier molecular flexibility index (Phi) is 5.21. The average molecular weight is 292 g/mol. The van der Waals surface area contributed by atoms with Crippen LogP contribution in [0.25, 0.3) is 0 Å². The maximum atomic E-state index is 6.14. The first-order valence-corrected chi connectivity index (χ1v) is 7.42. The van der Waals surface area contributed by atoms with Crippen LogP contribution in [0.1, 0.15) is 31.1 Å². The van der Waals surface area contributed by atoms with Gasteiger partial charge in [-0.3, -0.25) is 4.68 Å². The van der Waals surface area contributed by atoms with Gasteiger partial charge in [-0.1, -0.05) is 55.8 Å². The number of nitrogens with one attached hydrogen (secondary N) is 1. The van der Waals surface area contributed by atoms with E-state index in [0.717, 1.165) is 23.8 Å². The summed E-state index contributed by atoms with van der Waals surface area (Å²) in [5.74, 6) is 0.634. The van der Waals surface area contributed by atoms with Gasteiger partial charge in [0, 0.05) is 12.7 Å². The van der Waals surface area contributed by atoms with Crippen molar-refractivity contribution < 1.29 is 0 Å². The number of aromatic nitrogens is 2. The molecule has 0 amide bonds. The van der Waals surface area contributed by atoms with Crippen LogP contribution in [0.2, 0.25) is 5.02 Å². The van der Waals surface area contributed by atoms with Gasteiger partial charge in [0.05, 0.1) is 16.8 Å². The minimum Gasteiger partial charge on any atom is -0.314 e. The summed E-state index contributed by atoms with van der Waals surface area (Å²) in [6.45, 7) is 8.19. The van der Waals surface area contributed by atoms with Crippen LogP contribution in [0, 0.1) is 12.8 Å². The van der Waals surface area contributed by atoms with Crippen molar-refractivity contribution >= 4 is 11.6 Å². The molecular formula is C16H22ClN3. The highest BCUT2D eigenvalue weighted by Gasteiger charge is 2.15. The van der Waals surface area contributed by atoms with Gasteiger partial charge in [-0.25, -0.2) is 0 Å². The van der Waals surface area contributed by atoms with Crippen molar-refractivity contribution in [2.75, 3.05) is 13.1 Å². The first-order chi connectivity index (χ1) is 9.58. The first kappa shape index (κ1) is 15.1. The fourth-order valence-corrected chi connectivity index (χ4v) is 2.30. The Labute approximate surface area is 126 Å². The van der Waals surface area contributed by atoms with Crippen molar-refractivity contribution in [2.45, 2.75) is 26.8 Å². The summed E-state index contributed by atoms with van der Waals surface area (Å²) < 4.78 is 1.96. The molecule has 0 aliphatic heterocycles. The maximum Gasteiger partial charge on any atom is 0.0893 e. The number of rotatable bonds is 6. The van der Waals surface area contributed by atoms with Crippen molar-refractivity contribution in [1.82, 2.24) is 15.1 Å². The molecule has 20 heavy (non-hydrogen) atoms. The quantitative estimate of drug-likeness (QED) is 0.880. The molecule has 0 spiro atoms. The molecule has 0 aliphatic rings. The predicted molar refractivity (Wildman–Crippen MR) is 84.3 cm³/mol. The molecule has 3 nitrogen and oxygen atoms in total. The van der Waals surface area contributed by atoms with Crippen LogP contribution < -0.4 is 5.32 Å². The Morgan fingerprint density at radius 1 is 1.20 bits per heavy atom. The fourth-order valence-electron chi connectivity index (χ4n) is 2.17. The summed E-state index contributed by atoms with van der Waals surface area (Å²) in [5.41, 5.74) is 2.11. The van der Waals surface area contributed by atoms with Crippen LogP contribution in [0.15, 0.2) is 36.5 Å². The summed E-state index contributed by atoms with van der Waals surface area (Å²) in [6.07, 6.45) is 1.91. The van der Waals surface area contributed by atoms with Gasteiger partial charge < -0.3 is 5.32 Å². The van der Waals surface area contributed by atoms with Gasteiger partial charge in [0.2, 0.25) is 0 Å². The van der Waals surface area contributed by atoms with Crippen LogP contribution in [-0.2, 0) is 0 Å². The van der Waals surface area contributed by atoms with E-state index >= 15 is 0 Å². The maximum absolute atomic E-state index is 6.14. The Morgan fingerprint density at radius 2 is 1.90 bits per heavy atom. The standard InChI is InChI=1S/C16H22ClN3/c1-12(2)9-18-10-16(14-7-5-4-6-8-14)20-11-15(17)13(3)19-20/h4-8,11-12,16,18H,9-10H2,1-3H3. The Bertz CT molecular complexity index is 514. The van der Waals surface area contributed by atoms with E-state index in [-0.39, 0.29) is 6.04 Å². The average Bonchev–Trinajstić information content (AvgIpc) is 2.75. The number of hydrogen-bond acceptors (Lipinski definition) is 2. The zero-order valence-corrected chi connectivity index (χ0v) is 13.1. The topological polar surface area (TPSA) is 29.9 Å². The zero-order valence-electron chi connectivity index (χ0n) is 12.3. The van der Waals surface area contributed by atoms with Gasteiger partial charge in [0.1, 0.15) is 0 Å². The van der Waals surface area contributed by atoms with E-state index in [0.29, 0.717) is 5.92 Å². The van der Waals surface area contributed by atoms with Crippen molar-refractivity contribution in [3.05, 3.63) is 52.8 Å². The second-order valence-corrected chi connectivity index (χ2v) is 5.93. The van der Waals surface area contributed by atoms with Crippen LogP contribution in [0.3, 0.4) is 0 Å². The van der Waals surface area contributed by atoms with Gasteiger partial charge in [-0.05, 0) is 24.9 Å². The highest BCUT2D eigenvalue weighted by molar-refractivity contribution is 6.31. The lowest BCUT2D eigenvalue weighted by molar-refractivity contribution is 0.454. The van der Waals surface area contributed by atoms with Gasteiger partial charge in [-0.2, -0.15) is 5.10 Å². The van der Waals surface area contributed by atoms with Crippen LogP contribution in [0.4, 0.5) is 0 Å². The van der Waals surface area contributed by atoms with Crippen molar-refractivity contribution in [3.8, 4) is 0 Å². The van der Waals surface area contributed by atoms with E-state index in [4.69, 9.17) is 11.6 Å². The molecule has 1 atom stereocenters. The molecule has 0 fully saturated rings. The zero-order chi connectivity index (χ0) is 14.5. The van der Waals surface area contributed by atoms with E-state index in [1.807, 2.05) is 23.9 Å². The molecule has 1 aromatic carbocycles. The lowest BCUT2D eigenvalue weighted by atomic mass is 10.1. The lowest BCUT2D eigenvalue weighted by Gasteiger charge is -2.19. The number of hydrogen-bond donors (Lipinski definition) is 1. The van der Waals surface area contributed by atoms with E-state index in [1.54, 1.807) is 0 Å². The fraction of sp³-hybridized carbons (Fsp3) is 0.438. The minimum absolute atomic E-state index is 0.168. The molecule has 2 aromatic rings. The predicted octanol–water partition coefficient (Wildman–Crippen LogP) is 3.68. The van der Waals surface area contributed by atoms with E-state index in [9.17, 15) is 0 Å². The second kappa shape index (κ2) is 6.91. The third-order valence-corrected chi connectivity index (χ3v) is 3.62. The molecule has 4 heteroatoms. The summed E-state index contributed by atoms with van der Waals surface area (Å²) in [7, 11) is 0. The molecular weight excluding hydrogens is 270 g/mol. The molecule has 0 saturated carbocycles. The van der Waals surface area contributed by atoms with Crippen LogP contribution in [-0.4, -0.2) is 22.9 Å². The number of nitrogens with zero attached hydrogens (tertiary/aromatic N) is 2. The molecule has 0 aliphatic carbocycles. The van der Waals surface area contributed by atoms with Gasteiger partial charge in [-0.15, -0.1) is 0 Å². The molecule has 1 aromatic heterocycles. The highest BCUT2D eigenvalue weighted by atomic mass is 35.5. The summed E-state index contributed by atoms with van der Waals surface area (Å²) in [4.78, 5) is 0. The molecule has 108 valence electrons. The van der Waals surface area contributed by atoms with Crippen LogP contribution in [0.5, 0.6) is 0 Å². The summed E-state index contributed by atoms with van der Waals surface area (Å²) >= 11 is 6.14. The molecule has 1 heterocycles. The third-order valence-electron chi connectivity index (χ3n) is 3.25. The van der Waals surface area contributed by atoms with Crippen molar-refractivity contribution in [3.63, 3.8) is 0 Å². The molecule has 1 N–H and O–H groups in total. The first-order valence-electron chi connectivity index (χ1n) is 7.05. The summed E-state index contributed by atoms with van der Waals surface area (Å²) in [6, 6.07) is 10.6. The number of benzene rings is 1. The molecule has 0 radical (unpaired) electrons. The SMILES string of the molecule is Cc1nn(C(CNCC(C)C)c2ccccc2)cc1Cl. The normalized spacial score (nSPS) is 12.8. The van der Waals surface area contributed by atoms with Gasteiger partial charge in [0.15, 0.2) is 0 Å². The molecule has 0 bridgehead atoms. The number of halogens is 1. The van der Waals surface area contributed by atoms with Crippen molar-refractivity contribution in [1.29, 1.82) is 0 Å². The third kappa shape index (κ3) is 3.84. The second-order valence-electron chi connectivity index (χ2n) is 5.52. The van der Waals surface area contributed by atoms with Gasteiger partial charge >= 0.3 is 0 Å². The highest BCUT2D eigenvalue weighted by Crippen LogP contribution is 2.21. The Hall–Kier alpha value is -1.32. The minimum atomic E-state index is 0.168.